The molecule has 1 saturated heterocycles. The number of rotatable bonds is 4. The van der Waals surface area contributed by atoms with E-state index in [9.17, 15) is 4.79 Å². The van der Waals surface area contributed by atoms with E-state index >= 15 is 0 Å². The molecule has 0 aromatic heterocycles. The molecule has 1 aliphatic heterocycles. The highest BCUT2D eigenvalue weighted by atomic mass is 16.7. The van der Waals surface area contributed by atoms with Crippen LogP contribution in [0.1, 0.15) is 6.42 Å². The predicted molar refractivity (Wildman–Crippen MR) is 80.6 cm³/mol. The molecule has 2 rings (SSSR count). The van der Waals surface area contributed by atoms with E-state index in [0.717, 1.165) is 6.08 Å². The fraction of sp³-hybridized carbons (Fsp3) is 0.727. The first-order valence-electron chi connectivity index (χ1n) is 6.84. The zero-order chi connectivity index (χ0) is 17.8. The fourth-order valence-electron chi connectivity index (χ4n) is 2.85. The lowest BCUT2D eigenvalue weighted by Gasteiger charge is -2.55. The fourth-order valence-corrected chi connectivity index (χ4v) is 2.85. The van der Waals surface area contributed by atoms with Gasteiger partial charge in [-0.1, -0.05) is 0 Å². The second-order valence-electron chi connectivity index (χ2n) is 6.39. The maximum absolute atomic E-state index is 11.8. The van der Waals surface area contributed by atoms with Crippen molar-refractivity contribution in [1.29, 1.82) is 0 Å². The Kier molecular flexibility index (Phi) is 4.07. The molecule has 23 heavy (non-hydrogen) atoms. The van der Waals surface area contributed by atoms with E-state index in [1.807, 2.05) is 0 Å². The Morgan fingerprint density at radius 1 is 1.17 bits per heavy atom. The second-order valence-corrected chi connectivity index (χ2v) is 6.39. The first-order chi connectivity index (χ1) is 10.3. The van der Waals surface area contributed by atoms with Gasteiger partial charge >= 0.3 is 5.97 Å². The van der Waals surface area contributed by atoms with Gasteiger partial charge in [-0.25, -0.2) is 4.79 Å². The highest BCUT2D eigenvalue weighted by Crippen LogP contribution is 2.40. The van der Waals surface area contributed by atoms with Crippen LogP contribution in [0.4, 0.5) is 0 Å². The third-order valence-corrected chi connectivity index (χ3v) is 4.73. The van der Waals surface area contributed by atoms with Gasteiger partial charge in [0, 0.05) is 11.5 Å². The van der Waals surface area contributed by atoms with Crippen LogP contribution in [0.15, 0.2) is 11.6 Å². The van der Waals surface area contributed by atoms with Crippen LogP contribution in [0.5, 0.6) is 0 Å². The molecular formula is C11H25N9O3. The zero-order valence-electron chi connectivity index (χ0n) is 12.6. The molecule has 2 aliphatic rings. The summed E-state index contributed by atoms with van der Waals surface area (Å²) in [5.41, 5.74) is 41.3. The van der Waals surface area contributed by atoms with Crippen LogP contribution in [0.25, 0.3) is 0 Å². The van der Waals surface area contributed by atoms with E-state index in [0.29, 0.717) is 0 Å². The lowest BCUT2D eigenvalue weighted by atomic mass is 9.65. The molecule has 1 aliphatic carbocycles. The number of hydrogen-bond donors (Lipinski definition) is 9. The van der Waals surface area contributed by atoms with Crippen LogP contribution in [0, 0.1) is 5.92 Å². The van der Waals surface area contributed by atoms with Crippen LogP contribution in [0.2, 0.25) is 0 Å². The van der Waals surface area contributed by atoms with Crippen molar-refractivity contribution in [2.45, 2.75) is 35.2 Å². The lowest BCUT2D eigenvalue weighted by molar-refractivity contribution is -0.140. The Bertz CT molecular complexity index is 539. The van der Waals surface area contributed by atoms with Gasteiger partial charge < -0.3 is 55.4 Å². The van der Waals surface area contributed by atoms with E-state index in [1.165, 1.54) is 0 Å². The first kappa shape index (κ1) is 18.2. The molecule has 0 aromatic rings. The summed E-state index contributed by atoms with van der Waals surface area (Å²) in [5, 5.41) is 0. The molecule has 1 fully saturated rings. The van der Waals surface area contributed by atoms with E-state index in [-0.39, 0.29) is 18.6 Å². The van der Waals surface area contributed by atoms with Gasteiger partial charge in [-0.3, -0.25) is 0 Å². The molecular weight excluding hydrogens is 306 g/mol. The standard InChI is InChI=1S/C11H25N9O3/c12-8(13)2-4(7(21)23-20)1-5(9(8,14)15)10(16,17)11(18,19)6-3-22-6/h2,5-6H,1,3,12-20H2. The largest absolute Gasteiger partial charge is 0.370 e. The Morgan fingerprint density at radius 3 is 2.13 bits per heavy atom. The Labute approximate surface area is 132 Å². The molecule has 132 valence electrons. The zero-order valence-corrected chi connectivity index (χ0v) is 12.6. The van der Waals surface area contributed by atoms with Gasteiger partial charge in [0.2, 0.25) is 0 Å². The molecule has 12 nitrogen and oxygen atoms in total. The van der Waals surface area contributed by atoms with Crippen molar-refractivity contribution in [3.8, 4) is 0 Å². The maximum atomic E-state index is 11.8. The summed E-state index contributed by atoms with van der Waals surface area (Å²) in [7, 11) is 0. The van der Waals surface area contributed by atoms with Crippen molar-refractivity contribution >= 4 is 5.97 Å². The molecule has 1 heterocycles. The van der Waals surface area contributed by atoms with E-state index < -0.39 is 40.6 Å². The topological polar surface area (TPSA) is 273 Å². The summed E-state index contributed by atoms with van der Waals surface area (Å²) in [5.74, 6) is 2.94. The third kappa shape index (κ3) is 2.64. The molecule has 18 N–H and O–H groups in total. The van der Waals surface area contributed by atoms with Crippen LogP contribution in [-0.4, -0.2) is 41.3 Å². The first-order valence-corrected chi connectivity index (χ1v) is 6.84. The Hall–Kier alpha value is -1.19. The average molecular weight is 331 g/mol. The molecule has 0 radical (unpaired) electrons. The molecule has 12 heteroatoms. The summed E-state index contributed by atoms with van der Waals surface area (Å²) in [6.07, 6.45) is 0.445. The Balaban J connectivity index is 2.48. The molecule has 0 aromatic carbocycles. The van der Waals surface area contributed by atoms with Crippen molar-refractivity contribution < 1.29 is 14.4 Å². The Morgan fingerprint density at radius 2 is 1.70 bits per heavy atom. The number of ether oxygens (including phenoxy) is 1. The predicted octanol–water partition coefficient (Wildman–Crippen LogP) is -5.80. The van der Waals surface area contributed by atoms with Gasteiger partial charge in [0.25, 0.3) is 0 Å². The minimum atomic E-state index is -1.87. The number of hydrogen-bond acceptors (Lipinski definition) is 12. The summed E-state index contributed by atoms with van der Waals surface area (Å²) in [6.45, 7) is 0.280. The minimum absolute atomic E-state index is 0.0156. The van der Waals surface area contributed by atoms with Gasteiger partial charge in [0.15, 0.2) is 0 Å². The summed E-state index contributed by atoms with van der Waals surface area (Å²) in [4.78, 5) is 15.9. The van der Waals surface area contributed by atoms with Gasteiger partial charge in [0.05, 0.1) is 6.61 Å². The van der Waals surface area contributed by atoms with E-state index in [2.05, 4.69) is 4.84 Å². The van der Waals surface area contributed by atoms with Crippen LogP contribution < -0.4 is 51.8 Å². The van der Waals surface area contributed by atoms with Gasteiger partial charge in [-0.15, -0.1) is 0 Å². The highest BCUT2D eigenvalue weighted by molar-refractivity contribution is 5.89. The lowest BCUT2D eigenvalue weighted by Crippen LogP contribution is -2.90. The van der Waals surface area contributed by atoms with Crippen molar-refractivity contribution in [3.63, 3.8) is 0 Å². The molecule has 0 bridgehead atoms. The summed E-state index contributed by atoms with van der Waals surface area (Å²) < 4.78 is 5.09. The van der Waals surface area contributed by atoms with Crippen molar-refractivity contribution in [1.82, 2.24) is 0 Å². The van der Waals surface area contributed by atoms with Gasteiger partial charge in [-0.2, -0.15) is 5.90 Å². The average Bonchev–Trinajstić information content (AvgIpc) is 3.24. The third-order valence-electron chi connectivity index (χ3n) is 4.73. The van der Waals surface area contributed by atoms with Crippen LogP contribution in [0.3, 0.4) is 0 Å². The monoisotopic (exact) mass is 331 g/mol. The highest BCUT2D eigenvalue weighted by Gasteiger charge is 2.63. The number of carbonyl (C=O) groups excluding carboxylic acids is 1. The SMILES string of the molecule is NOC(=O)C1=CC(N)(N)C(N)(N)C(C(N)(N)C(N)(N)C2CO2)C1. The molecule has 2 atom stereocenters. The smallest absolute Gasteiger partial charge is 0.352 e. The summed E-state index contributed by atoms with van der Waals surface area (Å²) in [6, 6.07) is 0. The quantitative estimate of drug-likeness (QED) is 0.132. The minimum Gasteiger partial charge on any atom is -0.370 e. The van der Waals surface area contributed by atoms with E-state index in [1.54, 1.807) is 0 Å². The van der Waals surface area contributed by atoms with E-state index in [4.69, 9.17) is 56.5 Å². The van der Waals surface area contributed by atoms with Gasteiger partial charge in [-0.05, 0) is 12.5 Å². The van der Waals surface area contributed by atoms with Crippen molar-refractivity contribution in [2.24, 2.45) is 57.7 Å². The maximum Gasteiger partial charge on any atom is 0.352 e. The number of carbonyl (C=O) groups is 1. The summed E-state index contributed by atoms with van der Waals surface area (Å²) >= 11 is 0. The van der Waals surface area contributed by atoms with Crippen LogP contribution >= 0.6 is 0 Å². The number of epoxide rings is 1. The second kappa shape index (κ2) is 5.15. The van der Waals surface area contributed by atoms with Gasteiger partial charge in [0.1, 0.15) is 28.8 Å². The molecule has 2 unspecified atom stereocenters. The molecule has 0 saturated carbocycles. The number of nitrogens with two attached hydrogens (primary N) is 9. The van der Waals surface area contributed by atoms with Crippen LogP contribution in [-0.2, 0) is 14.4 Å². The normalized spacial score (nSPS) is 29.7. The van der Waals surface area contributed by atoms with Crippen molar-refractivity contribution in [3.05, 3.63) is 11.6 Å². The molecule has 0 spiro atoms. The molecule has 0 amide bonds. The van der Waals surface area contributed by atoms with Crippen molar-refractivity contribution in [2.75, 3.05) is 6.61 Å².